The molecule has 0 bridgehead atoms. The van der Waals surface area contributed by atoms with Crippen LogP contribution >= 0.6 is 0 Å². The van der Waals surface area contributed by atoms with Crippen molar-refractivity contribution in [1.82, 2.24) is 4.90 Å². The summed E-state index contributed by atoms with van der Waals surface area (Å²) in [6.45, 7) is 13.4. The molecule has 1 aliphatic rings. The molecule has 0 radical (unpaired) electrons. The van der Waals surface area contributed by atoms with Crippen LogP contribution in [0.4, 0.5) is 0 Å². The first kappa shape index (κ1) is 20.4. The van der Waals surface area contributed by atoms with E-state index >= 15 is 0 Å². The third-order valence-corrected chi connectivity index (χ3v) is 5.86. The Labute approximate surface area is 168 Å². The van der Waals surface area contributed by atoms with Gasteiger partial charge in [-0.15, -0.1) is 0 Å². The summed E-state index contributed by atoms with van der Waals surface area (Å²) in [5.41, 5.74) is 1.42. The number of nitrogens with zero attached hydrogens (tertiary/aromatic N) is 1. The first-order chi connectivity index (χ1) is 13.2. The summed E-state index contributed by atoms with van der Waals surface area (Å²) in [5.74, 6) is 0.586. The molecule has 28 heavy (non-hydrogen) atoms. The minimum absolute atomic E-state index is 0.0254. The van der Waals surface area contributed by atoms with Crippen LogP contribution in [0.5, 0.6) is 0 Å². The van der Waals surface area contributed by atoms with Crippen LogP contribution in [0.2, 0.25) is 19.6 Å². The Morgan fingerprint density at radius 2 is 1.57 bits per heavy atom. The van der Waals surface area contributed by atoms with Crippen LogP contribution < -0.4 is 0 Å². The number of ether oxygens (including phenoxy) is 1. The SMILES string of the molecule is C=C(O[Si](C)(C)C)[C@]1(C)[C@H](OCc2ccccc2)C(=O)N1Cc1ccccc1. The van der Waals surface area contributed by atoms with Crippen LogP contribution in [0, 0.1) is 0 Å². The lowest BCUT2D eigenvalue weighted by Crippen LogP contribution is -2.74. The van der Waals surface area contributed by atoms with Crippen LogP contribution in [-0.2, 0) is 27.1 Å². The molecule has 4 nitrogen and oxygen atoms in total. The highest BCUT2D eigenvalue weighted by Crippen LogP contribution is 2.42. The topological polar surface area (TPSA) is 38.8 Å². The molecule has 0 unspecified atom stereocenters. The predicted molar refractivity (Wildman–Crippen MR) is 114 cm³/mol. The number of hydrogen-bond acceptors (Lipinski definition) is 3. The minimum Gasteiger partial charge on any atom is -0.546 e. The molecule has 1 fully saturated rings. The standard InChI is InChI=1S/C23H29NO3Si/c1-18(27-28(3,4)5)23(2)21(26-17-20-14-10-7-11-15-20)22(25)24(23)16-19-12-8-6-9-13-19/h6-15,21H,1,16-17H2,2-5H3/t21-,23-/m1/s1. The number of β-lactam (4-membered cyclic amide) rings is 1. The zero-order chi connectivity index (χ0) is 20.4. The fourth-order valence-corrected chi connectivity index (χ4v) is 4.40. The van der Waals surface area contributed by atoms with Gasteiger partial charge < -0.3 is 14.1 Å². The molecule has 5 heteroatoms. The lowest BCUT2D eigenvalue weighted by atomic mass is 9.80. The van der Waals surface area contributed by atoms with Crippen LogP contribution in [0.25, 0.3) is 0 Å². The fraction of sp³-hybridized carbons (Fsp3) is 0.348. The molecule has 1 amide bonds. The molecule has 0 aliphatic carbocycles. The average Bonchev–Trinajstić information content (AvgIpc) is 2.66. The van der Waals surface area contributed by atoms with Crippen LogP contribution in [0.15, 0.2) is 73.0 Å². The highest BCUT2D eigenvalue weighted by atomic mass is 28.4. The molecular weight excluding hydrogens is 366 g/mol. The smallest absolute Gasteiger partial charge is 0.255 e. The van der Waals surface area contributed by atoms with Crippen LogP contribution in [0.1, 0.15) is 18.1 Å². The summed E-state index contributed by atoms with van der Waals surface area (Å²) >= 11 is 0. The van der Waals surface area contributed by atoms with Crippen molar-refractivity contribution in [1.29, 1.82) is 0 Å². The van der Waals surface area contributed by atoms with Gasteiger partial charge in [-0.2, -0.15) is 0 Å². The first-order valence-electron chi connectivity index (χ1n) is 9.61. The van der Waals surface area contributed by atoms with Crippen molar-refractivity contribution in [2.45, 2.75) is 51.4 Å². The molecular formula is C23H29NO3Si. The van der Waals surface area contributed by atoms with Gasteiger partial charge in [-0.25, -0.2) is 0 Å². The number of hydrogen-bond donors (Lipinski definition) is 0. The maximum absolute atomic E-state index is 13.0. The molecule has 2 aromatic rings. The molecule has 0 aromatic heterocycles. The Morgan fingerprint density at radius 3 is 2.11 bits per heavy atom. The third kappa shape index (κ3) is 4.21. The van der Waals surface area contributed by atoms with E-state index in [1.807, 2.05) is 72.5 Å². The van der Waals surface area contributed by atoms with Gasteiger partial charge in [-0.05, 0) is 37.7 Å². The van der Waals surface area contributed by atoms with Gasteiger partial charge in [0.25, 0.3) is 5.91 Å². The number of benzene rings is 2. The quantitative estimate of drug-likeness (QED) is 0.368. The molecule has 0 N–H and O–H groups in total. The van der Waals surface area contributed by atoms with Gasteiger partial charge in [0.15, 0.2) is 6.10 Å². The number of carbonyl (C=O) groups is 1. The Morgan fingerprint density at radius 1 is 1.04 bits per heavy atom. The van der Waals surface area contributed by atoms with Crippen molar-refractivity contribution >= 4 is 14.2 Å². The molecule has 0 spiro atoms. The van der Waals surface area contributed by atoms with Gasteiger partial charge >= 0.3 is 0 Å². The number of likely N-dealkylation sites (tertiary alicyclic amines) is 1. The van der Waals surface area contributed by atoms with E-state index in [0.717, 1.165) is 11.1 Å². The van der Waals surface area contributed by atoms with Crippen molar-refractivity contribution in [3.05, 3.63) is 84.1 Å². The van der Waals surface area contributed by atoms with Gasteiger partial charge in [-0.1, -0.05) is 67.2 Å². The lowest BCUT2D eigenvalue weighted by molar-refractivity contribution is -0.193. The number of rotatable bonds is 8. The summed E-state index contributed by atoms with van der Waals surface area (Å²) in [5, 5.41) is 0. The van der Waals surface area contributed by atoms with E-state index < -0.39 is 20.0 Å². The molecule has 3 rings (SSSR count). The molecule has 2 aromatic carbocycles. The summed E-state index contributed by atoms with van der Waals surface area (Å²) in [6.07, 6.45) is -0.597. The Hall–Kier alpha value is -2.37. The number of carbonyl (C=O) groups excluding carboxylic acids is 1. The second-order valence-electron chi connectivity index (χ2n) is 8.37. The first-order valence-corrected chi connectivity index (χ1v) is 13.0. The normalized spacial score (nSPS) is 21.9. The van der Waals surface area contributed by atoms with Crippen molar-refractivity contribution in [2.24, 2.45) is 0 Å². The largest absolute Gasteiger partial charge is 0.546 e. The maximum Gasteiger partial charge on any atom is 0.255 e. The van der Waals surface area contributed by atoms with E-state index in [1.165, 1.54) is 0 Å². The van der Waals surface area contributed by atoms with E-state index in [2.05, 4.69) is 26.2 Å². The molecule has 148 valence electrons. The molecule has 1 heterocycles. The van der Waals surface area contributed by atoms with Gasteiger partial charge in [0.05, 0.1) is 6.61 Å². The van der Waals surface area contributed by atoms with Crippen molar-refractivity contribution in [2.75, 3.05) is 0 Å². The molecule has 1 aliphatic heterocycles. The summed E-state index contributed by atoms with van der Waals surface area (Å²) in [6, 6.07) is 19.9. The van der Waals surface area contributed by atoms with Gasteiger partial charge in [0, 0.05) is 6.54 Å². The van der Waals surface area contributed by atoms with E-state index in [9.17, 15) is 4.79 Å². The van der Waals surface area contributed by atoms with E-state index in [-0.39, 0.29) is 5.91 Å². The highest BCUT2D eigenvalue weighted by Gasteiger charge is 2.61. The molecule has 0 saturated carbocycles. The van der Waals surface area contributed by atoms with Gasteiger partial charge in [-0.3, -0.25) is 4.79 Å². The van der Waals surface area contributed by atoms with E-state index in [0.29, 0.717) is 18.9 Å². The molecule has 2 atom stereocenters. The summed E-state index contributed by atoms with van der Waals surface area (Å²) in [7, 11) is -1.87. The van der Waals surface area contributed by atoms with Crippen molar-refractivity contribution in [3.63, 3.8) is 0 Å². The summed E-state index contributed by atoms with van der Waals surface area (Å²) < 4.78 is 12.3. The fourth-order valence-electron chi connectivity index (χ4n) is 3.45. The third-order valence-electron chi connectivity index (χ3n) is 5.00. The predicted octanol–water partition coefficient (Wildman–Crippen LogP) is 4.74. The average molecular weight is 396 g/mol. The molecule has 1 saturated heterocycles. The zero-order valence-corrected chi connectivity index (χ0v) is 18.1. The van der Waals surface area contributed by atoms with Crippen molar-refractivity contribution in [3.8, 4) is 0 Å². The van der Waals surface area contributed by atoms with Crippen molar-refractivity contribution < 1.29 is 14.0 Å². The van der Waals surface area contributed by atoms with Gasteiger partial charge in [0.2, 0.25) is 8.32 Å². The Balaban J connectivity index is 1.81. The van der Waals surface area contributed by atoms with Crippen LogP contribution in [-0.4, -0.2) is 30.8 Å². The summed E-state index contributed by atoms with van der Waals surface area (Å²) in [4.78, 5) is 14.8. The Bertz CT molecular complexity index is 832. The lowest BCUT2D eigenvalue weighted by Gasteiger charge is -2.56. The number of amides is 1. The maximum atomic E-state index is 13.0. The minimum atomic E-state index is -1.87. The highest BCUT2D eigenvalue weighted by molar-refractivity contribution is 6.70. The second kappa shape index (κ2) is 7.93. The van der Waals surface area contributed by atoms with E-state index in [4.69, 9.17) is 9.16 Å². The monoisotopic (exact) mass is 395 g/mol. The van der Waals surface area contributed by atoms with Gasteiger partial charge in [0.1, 0.15) is 11.3 Å². The van der Waals surface area contributed by atoms with Crippen LogP contribution in [0.3, 0.4) is 0 Å². The Kier molecular flexibility index (Phi) is 5.77. The second-order valence-corrected chi connectivity index (χ2v) is 12.8. The van der Waals surface area contributed by atoms with E-state index in [1.54, 1.807) is 0 Å². The zero-order valence-electron chi connectivity index (χ0n) is 17.1.